The van der Waals surface area contributed by atoms with Crippen LogP contribution < -0.4 is 10.6 Å². The molecule has 1 aromatic heterocycles. The Labute approximate surface area is 152 Å². The fraction of sp³-hybridized carbons (Fsp3) is 0.118. The molecule has 0 radical (unpaired) electrons. The van der Waals surface area contributed by atoms with Crippen molar-refractivity contribution in [1.82, 2.24) is 10.3 Å². The molecule has 0 spiro atoms. The van der Waals surface area contributed by atoms with Crippen LogP contribution >= 0.6 is 11.3 Å². The van der Waals surface area contributed by atoms with Crippen LogP contribution in [0.15, 0.2) is 42.5 Å². The summed E-state index contributed by atoms with van der Waals surface area (Å²) in [6, 6.07) is 11.1. The monoisotopic (exact) mass is 370 g/mol. The van der Waals surface area contributed by atoms with Crippen LogP contribution in [0.5, 0.6) is 0 Å². The highest BCUT2D eigenvalue weighted by Crippen LogP contribution is 2.26. The van der Waals surface area contributed by atoms with Gasteiger partial charge in [-0.2, -0.15) is 0 Å². The standard InChI is InChI=1S/C17H14N4O4S/c1-10-5-6-13-14(7-10)26-17(19-13)20-15(22)9-18-16(23)11-3-2-4-12(8-11)21(24)25/h2-8H,9H2,1H3,(H,18,23)(H,19,20,22). The lowest BCUT2D eigenvalue weighted by Crippen LogP contribution is -2.32. The number of non-ortho nitro benzene ring substituents is 1. The Morgan fingerprint density at radius 2 is 2.04 bits per heavy atom. The number of thiazole rings is 1. The SMILES string of the molecule is Cc1ccc2nc(NC(=O)CNC(=O)c3cccc([N+](=O)[O-])c3)sc2c1. The van der Waals surface area contributed by atoms with Gasteiger partial charge in [-0.1, -0.05) is 23.5 Å². The molecule has 2 N–H and O–H groups in total. The predicted molar refractivity (Wildman–Crippen MR) is 98.4 cm³/mol. The normalized spacial score (nSPS) is 10.5. The van der Waals surface area contributed by atoms with Crippen molar-refractivity contribution in [3.8, 4) is 0 Å². The van der Waals surface area contributed by atoms with E-state index in [2.05, 4.69) is 15.6 Å². The number of aryl methyl sites for hydroxylation is 1. The number of amides is 2. The van der Waals surface area contributed by atoms with E-state index in [0.717, 1.165) is 21.8 Å². The Morgan fingerprint density at radius 3 is 2.81 bits per heavy atom. The summed E-state index contributed by atoms with van der Waals surface area (Å²) < 4.78 is 0.959. The van der Waals surface area contributed by atoms with Crippen LogP contribution in [0.25, 0.3) is 10.2 Å². The van der Waals surface area contributed by atoms with Gasteiger partial charge in [-0.3, -0.25) is 19.7 Å². The number of benzene rings is 2. The Bertz CT molecular complexity index is 1010. The van der Waals surface area contributed by atoms with Crippen molar-refractivity contribution in [3.63, 3.8) is 0 Å². The number of nitrogens with zero attached hydrogens (tertiary/aromatic N) is 2. The molecule has 1 heterocycles. The summed E-state index contributed by atoms with van der Waals surface area (Å²) in [5, 5.41) is 16.3. The third-order valence-corrected chi connectivity index (χ3v) is 4.45. The molecule has 0 unspecified atom stereocenters. The highest BCUT2D eigenvalue weighted by atomic mass is 32.1. The van der Waals surface area contributed by atoms with E-state index in [1.165, 1.54) is 29.5 Å². The largest absolute Gasteiger partial charge is 0.343 e. The molecule has 0 aliphatic rings. The van der Waals surface area contributed by atoms with Gasteiger partial charge in [0.15, 0.2) is 5.13 Å². The van der Waals surface area contributed by atoms with Crippen LogP contribution in [0.1, 0.15) is 15.9 Å². The molecule has 3 rings (SSSR count). The molecule has 0 fully saturated rings. The molecule has 0 saturated heterocycles. The van der Waals surface area contributed by atoms with Gasteiger partial charge in [0.05, 0.1) is 21.7 Å². The van der Waals surface area contributed by atoms with Crippen molar-refractivity contribution in [2.75, 3.05) is 11.9 Å². The van der Waals surface area contributed by atoms with E-state index < -0.39 is 16.7 Å². The van der Waals surface area contributed by atoms with E-state index in [0.29, 0.717) is 5.13 Å². The molecule has 0 saturated carbocycles. The number of aromatic nitrogens is 1. The second-order valence-corrected chi connectivity index (χ2v) is 6.56. The van der Waals surface area contributed by atoms with Gasteiger partial charge in [-0.05, 0) is 30.7 Å². The van der Waals surface area contributed by atoms with E-state index in [4.69, 9.17) is 0 Å². The summed E-state index contributed by atoms with van der Waals surface area (Å²) in [6.07, 6.45) is 0. The number of fused-ring (bicyclic) bond motifs is 1. The third kappa shape index (κ3) is 4.01. The zero-order chi connectivity index (χ0) is 18.7. The summed E-state index contributed by atoms with van der Waals surface area (Å²) in [7, 11) is 0. The predicted octanol–water partition coefficient (Wildman–Crippen LogP) is 2.88. The van der Waals surface area contributed by atoms with Gasteiger partial charge in [0, 0.05) is 17.7 Å². The van der Waals surface area contributed by atoms with Crippen LogP contribution in [-0.4, -0.2) is 28.3 Å². The number of carbonyl (C=O) groups is 2. The molecular formula is C17H14N4O4S. The average molecular weight is 370 g/mol. The molecule has 2 aromatic carbocycles. The lowest BCUT2D eigenvalue weighted by Gasteiger charge is -2.05. The number of nitro benzene ring substituents is 1. The van der Waals surface area contributed by atoms with Crippen LogP contribution in [0.3, 0.4) is 0 Å². The average Bonchev–Trinajstić information content (AvgIpc) is 3.00. The van der Waals surface area contributed by atoms with E-state index in [9.17, 15) is 19.7 Å². The molecule has 0 atom stereocenters. The van der Waals surface area contributed by atoms with Gasteiger partial charge in [-0.15, -0.1) is 0 Å². The summed E-state index contributed by atoms with van der Waals surface area (Å²) >= 11 is 1.34. The van der Waals surface area contributed by atoms with Crippen molar-refractivity contribution in [2.24, 2.45) is 0 Å². The first kappa shape index (κ1) is 17.5. The molecular weight excluding hydrogens is 356 g/mol. The van der Waals surface area contributed by atoms with Crippen molar-refractivity contribution < 1.29 is 14.5 Å². The number of nitro groups is 1. The molecule has 3 aromatic rings. The van der Waals surface area contributed by atoms with Crippen molar-refractivity contribution in [1.29, 1.82) is 0 Å². The topological polar surface area (TPSA) is 114 Å². The lowest BCUT2D eigenvalue weighted by molar-refractivity contribution is -0.384. The van der Waals surface area contributed by atoms with Gasteiger partial charge in [0.2, 0.25) is 5.91 Å². The maximum absolute atomic E-state index is 12.0. The minimum Gasteiger partial charge on any atom is -0.343 e. The van der Waals surface area contributed by atoms with Crippen LogP contribution in [-0.2, 0) is 4.79 Å². The molecule has 9 heteroatoms. The Kier molecular flexibility index (Phi) is 4.90. The first-order chi connectivity index (χ1) is 12.4. The summed E-state index contributed by atoms with van der Waals surface area (Å²) in [4.78, 5) is 38.5. The van der Waals surface area contributed by atoms with Gasteiger partial charge in [0.1, 0.15) is 0 Å². The second-order valence-electron chi connectivity index (χ2n) is 5.53. The minimum atomic E-state index is -0.585. The number of hydrogen-bond acceptors (Lipinski definition) is 6. The van der Waals surface area contributed by atoms with Gasteiger partial charge in [-0.25, -0.2) is 4.98 Å². The van der Waals surface area contributed by atoms with E-state index in [1.54, 1.807) is 0 Å². The smallest absolute Gasteiger partial charge is 0.270 e. The fourth-order valence-corrected chi connectivity index (χ4v) is 3.25. The van der Waals surface area contributed by atoms with Crippen molar-refractivity contribution in [3.05, 3.63) is 63.7 Å². The number of carbonyl (C=O) groups excluding carboxylic acids is 2. The van der Waals surface area contributed by atoms with E-state index >= 15 is 0 Å². The van der Waals surface area contributed by atoms with Crippen LogP contribution in [0, 0.1) is 17.0 Å². The molecule has 0 aliphatic heterocycles. The lowest BCUT2D eigenvalue weighted by atomic mass is 10.2. The second kappa shape index (κ2) is 7.28. The molecule has 132 valence electrons. The molecule has 8 nitrogen and oxygen atoms in total. The van der Waals surface area contributed by atoms with Crippen molar-refractivity contribution >= 4 is 44.2 Å². The third-order valence-electron chi connectivity index (χ3n) is 3.52. The zero-order valence-corrected chi connectivity index (χ0v) is 14.5. The molecule has 2 amide bonds. The maximum atomic E-state index is 12.0. The quantitative estimate of drug-likeness (QED) is 0.529. The minimum absolute atomic E-state index is 0.113. The van der Waals surface area contributed by atoms with E-state index in [-0.39, 0.29) is 17.8 Å². The van der Waals surface area contributed by atoms with Crippen LogP contribution in [0.4, 0.5) is 10.8 Å². The highest BCUT2D eigenvalue weighted by Gasteiger charge is 2.13. The van der Waals surface area contributed by atoms with Crippen molar-refractivity contribution in [2.45, 2.75) is 6.92 Å². The molecule has 26 heavy (non-hydrogen) atoms. The molecule has 0 bridgehead atoms. The first-order valence-corrected chi connectivity index (χ1v) is 8.44. The first-order valence-electron chi connectivity index (χ1n) is 7.62. The number of hydrogen-bond donors (Lipinski definition) is 2. The van der Waals surface area contributed by atoms with Crippen LogP contribution in [0.2, 0.25) is 0 Å². The molecule has 0 aliphatic carbocycles. The fourth-order valence-electron chi connectivity index (χ4n) is 2.27. The van der Waals surface area contributed by atoms with Gasteiger partial charge >= 0.3 is 0 Å². The number of nitrogens with one attached hydrogen (secondary N) is 2. The summed E-state index contributed by atoms with van der Waals surface area (Å²) in [5.41, 5.74) is 1.81. The highest BCUT2D eigenvalue weighted by molar-refractivity contribution is 7.22. The van der Waals surface area contributed by atoms with Gasteiger partial charge in [0.25, 0.3) is 11.6 Å². The van der Waals surface area contributed by atoms with E-state index in [1.807, 2.05) is 25.1 Å². The Morgan fingerprint density at radius 1 is 1.23 bits per heavy atom. The zero-order valence-electron chi connectivity index (χ0n) is 13.7. The summed E-state index contributed by atoms with van der Waals surface area (Å²) in [6.45, 7) is 1.71. The summed E-state index contributed by atoms with van der Waals surface area (Å²) in [5.74, 6) is -0.997. The maximum Gasteiger partial charge on any atom is 0.270 e. The Balaban J connectivity index is 1.60. The number of anilines is 1. The Hall–Kier alpha value is -3.33. The number of rotatable bonds is 5. The van der Waals surface area contributed by atoms with Gasteiger partial charge < -0.3 is 10.6 Å².